The van der Waals surface area contributed by atoms with Crippen molar-refractivity contribution in [2.45, 2.75) is 46.1 Å². The Kier molecular flexibility index (Phi) is 5.73. The molecule has 0 aliphatic heterocycles. The van der Waals surface area contributed by atoms with Gasteiger partial charge in [0.25, 0.3) is 0 Å². The molecule has 0 amide bonds. The molecule has 1 atom stereocenters. The number of aromatic hydroxyl groups is 1. The minimum absolute atomic E-state index is 0.0533. The number of benzene rings is 2. The fourth-order valence-corrected chi connectivity index (χ4v) is 3.60. The number of carboxylic acids is 1. The molecular weight excluding hydrogens is 371 g/mol. The van der Waals surface area contributed by atoms with E-state index in [1.54, 1.807) is 38.1 Å². The number of anilines is 1. The summed E-state index contributed by atoms with van der Waals surface area (Å²) in [5.41, 5.74) is 3.79. The Morgan fingerprint density at radius 3 is 2.52 bits per heavy atom. The smallest absolute Gasteiger partial charge is 0.305 e. The molecule has 152 valence electrons. The summed E-state index contributed by atoms with van der Waals surface area (Å²) in [6.45, 7) is 7.58. The predicted octanol–water partition coefficient (Wildman–Crippen LogP) is 5.45. The van der Waals surface area contributed by atoms with Crippen LogP contribution >= 0.6 is 0 Å². The summed E-state index contributed by atoms with van der Waals surface area (Å²) in [6, 6.07) is 9.63. The Balaban J connectivity index is 2.32. The van der Waals surface area contributed by atoms with Crippen molar-refractivity contribution in [3.05, 3.63) is 53.3 Å². The number of rotatable bonds is 6. The summed E-state index contributed by atoms with van der Waals surface area (Å²) in [6.07, 6.45) is -0.0533. The van der Waals surface area contributed by atoms with E-state index in [-0.39, 0.29) is 29.9 Å². The number of phenolic OH excluding ortho intramolecular Hbond substituents is 1. The molecule has 0 radical (unpaired) electrons. The molecule has 3 rings (SSSR count). The number of hydrogen-bond acceptors (Lipinski definition) is 4. The quantitative estimate of drug-likeness (QED) is 0.516. The second kappa shape index (κ2) is 8.07. The second-order valence-corrected chi connectivity index (χ2v) is 7.71. The van der Waals surface area contributed by atoms with Crippen LogP contribution in [0.15, 0.2) is 36.4 Å². The molecule has 0 aliphatic carbocycles. The normalized spacial score (nSPS) is 12.3. The van der Waals surface area contributed by atoms with E-state index in [2.05, 4.69) is 5.32 Å². The summed E-state index contributed by atoms with van der Waals surface area (Å²) in [5.74, 6) is -0.439. The van der Waals surface area contributed by atoms with Gasteiger partial charge in [0, 0.05) is 23.1 Å². The average Bonchev–Trinajstić information content (AvgIpc) is 2.61. The van der Waals surface area contributed by atoms with E-state index in [9.17, 15) is 14.3 Å². The molecule has 2 aromatic carbocycles. The van der Waals surface area contributed by atoms with E-state index < -0.39 is 5.97 Å². The minimum Gasteiger partial charge on any atom is -0.508 e. The number of halogens is 1. The number of aromatic nitrogens is 1. The lowest BCUT2D eigenvalue weighted by Crippen LogP contribution is -2.21. The minimum atomic E-state index is -0.899. The average molecular weight is 396 g/mol. The number of pyridine rings is 1. The fourth-order valence-electron chi connectivity index (χ4n) is 3.60. The lowest BCUT2D eigenvalue weighted by molar-refractivity contribution is -0.137. The van der Waals surface area contributed by atoms with Crippen LogP contribution in [0.25, 0.3) is 22.0 Å². The summed E-state index contributed by atoms with van der Waals surface area (Å²) in [7, 11) is 0. The van der Waals surface area contributed by atoms with Gasteiger partial charge in [0.05, 0.1) is 11.9 Å². The Hall–Kier alpha value is -3.15. The zero-order chi connectivity index (χ0) is 21.3. The first-order valence-electron chi connectivity index (χ1n) is 9.58. The highest BCUT2D eigenvalue weighted by Gasteiger charge is 2.21. The standard InChI is InChI=1S/C23H25FN2O3/c1-12(2)21-22(15-5-8-18(24)13(3)9-15)17-7-6-16(27)11-19(17)26-23(21)25-14(4)10-20(28)29/h5-9,11-12,14,27H,10H2,1-4H3,(H,25,26)(H,28,29)/t14-/m0/s1. The van der Waals surface area contributed by atoms with Gasteiger partial charge in [-0.1, -0.05) is 19.9 Å². The van der Waals surface area contributed by atoms with Crippen LogP contribution < -0.4 is 5.32 Å². The van der Waals surface area contributed by atoms with E-state index in [0.717, 1.165) is 22.1 Å². The molecular formula is C23H25FN2O3. The van der Waals surface area contributed by atoms with Crippen LogP contribution in [-0.2, 0) is 4.79 Å². The first kappa shape index (κ1) is 20.6. The molecule has 5 nitrogen and oxygen atoms in total. The van der Waals surface area contributed by atoms with Gasteiger partial charge in [-0.3, -0.25) is 4.79 Å². The second-order valence-electron chi connectivity index (χ2n) is 7.71. The number of carbonyl (C=O) groups is 1. The van der Waals surface area contributed by atoms with Gasteiger partial charge >= 0.3 is 5.97 Å². The van der Waals surface area contributed by atoms with Gasteiger partial charge in [0.2, 0.25) is 0 Å². The molecule has 3 N–H and O–H groups in total. The Bertz CT molecular complexity index is 1080. The van der Waals surface area contributed by atoms with Crippen molar-refractivity contribution >= 4 is 22.7 Å². The lowest BCUT2D eigenvalue weighted by Gasteiger charge is -2.23. The first-order valence-corrected chi connectivity index (χ1v) is 9.58. The highest BCUT2D eigenvalue weighted by molar-refractivity contribution is 5.99. The van der Waals surface area contributed by atoms with Gasteiger partial charge in [-0.05, 0) is 60.7 Å². The molecule has 29 heavy (non-hydrogen) atoms. The van der Waals surface area contributed by atoms with Gasteiger partial charge in [-0.25, -0.2) is 9.37 Å². The third-order valence-corrected chi connectivity index (χ3v) is 4.90. The number of aryl methyl sites for hydroxylation is 1. The third kappa shape index (κ3) is 4.31. The Morgan fingerprint density at radius 2 is 1.90 bits per heavy atom. The number of phenols is 1. The van der Waals surface area contributed by atoms with Crippen molar-refractivity contribution in [2.24, 2.45) is 0 Å². The molecule has 0 fully saturated rings. The van der Waals surface area contributed by atoms with Crippen LogP contribution in [0.5, 0.6) is 5.75 Å². The van der Waals surface area contributed by atoms with Crippen LogP contribution in [0.2, 0.25) is 0 Å². The number of nitrogens with one attached hydrogen (secondary N) is 1. The molecule has 0 bridgehead atoms. The number of hydrogen-bond donors (Lipinski definition) is 3. The topological polar surface area (TPSA) is 82.5 Å². The third-order valence-electron chi connectivity index (χ3n) is 4.90. The SMILES string of the molecule is Cc1cc(-c2c(C(C)C)c(N[C@@H](C)CC(=O)O)nc3cc(O)ccc23)ccc1F. The van der Waals surface area contributed by atoms with Gasteiger partial charge < -0.3 is 15.5 Å². The first-order chi connectivity index (χ1) is 13.7. The van der Waals surface area contributed by atoms with Crippen LogP contribution in [0.1, 0.15) is 44.2 Å². The van der Waals surface area contributed by atoms with E-state index in [1.165, 1.54) is 6.07 Å². The molecule has 0 saturated heterocycles. The number of carboxylic acid groups (broad SMARTS) is 1. The predicted molar refractivity (Wildman–Crippen MR) is 113 cm³/mol. The van der Waals surface area contributed by atoms with Gasteiger partial charge in [0.15, 0.2) is 0 Å². The maximum atomic E-state index is 13.9. The molecule has 6 heteroatoms. The van der Waals surface area contributed by atoms with Gasteiger partial charge in [-0.2, -0.15) is 0 Å². The number of aliphatic carboxylic acids is 1. The zero-order valence-corrected chi connectivity index (χ0v) is 17.0. The summed E-state index contributed by atoms with van der Waals surface area (Å²) in [4.78, 5) is 15.8. The molecule has 0 spiro atoms. The Labute approximate surface area is 169 Å². The molecule has 0 aliphatic rings. The highest BCUT2D eigenvalue weighted by Crippen LogP contribution is 2.40. The van der Waals surface area contributed by atoms with Crippen molar-refractivity contribution in [1.82, 2.24) is 4.98 Å². The van der Waals surface area contributed by atoms with Gasteiger partial charge in [0.1, 0.15) is 17.4 Å². The van der Waals surface area contributed by atoms with Crippen molar-refractivity contribution in [1.29, 1.82) is 0 Å². The summed E-state index contributed by atoms with van der Waals surface area (Å²) < 4.78 is 13.9. The summed E-state index contributed by atoms with van der Waals surface area (Å²) in [5, 5.41) is 23.1. The molecule has 1 aromatic heterocycles. The van der Waals surface area contributed by atoms with Crippen molar-refractivity contribution in [3.8, 4) is 16.9 Å². The van der Waals surface area contributed by atoms with Gasteiger partial charge in [-0.15, -0.1) is 0 Å². The van der Waals surface area contributed by atoms with E-state index in [0.29, 0.717) is 16.9 Å². The summed E-state index contributed by atoms with van der Waals surface area (Å²) >= 11 is 0. The van der Waals surface area contributed by atoms with Crippen molar-refractivity contribution in [2.75, 3.05) is 5.32 Å². The largest absolute Gasteiger partial charge is 0.508 e. The number of fused-ring (bicyclic) bond motifs is 1. The Morgan fingerprint density at radius 1 is 1.17 bits per heavy atom. The number of nitrogens with zero attached hydrogens (tertiary/aromatic N) is 1. The maximum Gasteiger partial charge on any atom is 0.305 e. The van der Waals surface area contributed by atoms with Crippen LogP contribution in [0, 0.1) is 12.7 Å². The van der Waals surface area contributed by atoms with E-state index >= 15 is 0 Å². The van der Waals surface area contributed by atoms with E-state index in [1.807, 2.05) is 19.9 Å². The van der Waals surface area contributed by atoms with Crippen LogP contribution in [-0.4, -0.2) is 27.2 Å². The molecule has 0 saturated carbocycles. The van der Waals surface area contributed by atoms with Crippen LogP contribution in [0.3, 0.4) is 0 Å². The fraction of sp³-hybridized carbons (Fsp3) is 0.304. The zero-order valence-electron chi connectivity index (χ0n) is 17.0. The monoisotopic (exact) mass is 396 g/mol. The molecule has 3 aromatic rings. The molecule has 1 heterocycles. The lowest BCUT2D eigenvalue weighted by atomic mass is 9.89. The highest BCUT2D eigenvalue weighted by atomic mass is 19.1. The van der Waals surface area contributed by atoms with Crippen molar-refractivity contribution in [3.63, 3.8) is 0 Å². The molecule has 0 unspecified atom stereocenters. The van der Waals surface area contributed by atoms with Crippen LogP contribution in [0.4, 0.5) is 10.2 Å². The van der Waals surface area contributed by atoms with E-state index in [4.69, 9.17) is 10.1 Å². The maximum absolute atomic E-state index is 13.9. The van der Waals surface area contributed by atoms with Crippen molar-refractivity contribution < 1.29 is 19.4 Å².